The van der Waals surface area contributed by atoms with Gasteiger partial charge in [0.25, 0.3) is 0 Å². The molecule has 0 bridgehead atoms. The van der Waals surface area contributed by atoms with Gasteiger partial charge in [0.1, 0.15) is 5.75 Å². The molecule has 0 saturated carbocycles. The molecule has 1 aromatic heterocycles. The Kier molecular flexibility index (Phi) is 8.49. The van der Waals surface area contributed by atoms with E-state index in [-0.39, 0.29) is 30.5 Å². The Morgan fingerprint density at radius 3 is 2.71 bits per heavy atom. The zero-order valence-corrected chi connectivity index (χ0v) is 16.9. The third-order valence-electron chi connectivity index (χ3n) is 3.12. The molecule has 0 unspecified atom stereocenters. The van der Waals surface area contributed by atoms with E-state index in [1.165, 1.54) is 30.0 Å². The van der Waals surface area contributed by atoms with Crippen LogP contribution in [0.4, 0.5) is 10.8 Å². The molecule has 1 aromatic carbocycles. The number of benzene rings is 1. The number of anilines is 2. The van der Waals surface area contributed by atoms with Gasteiger partial charge < -0.3 is 15.4 Å². The third-order valence-corrected chi connectivity index (χ3v) is 5.09. The second kappa shape index (κ2) is 11.1. The van der Waals surface area contributed by atoms with Crippen molar-refractivity contribution in [1.82, 2.24) is 26.4 Å². The second-order valence-electron chi connectivity index (χ2n) is 5.35. The molecule has 0 fully saturated rings. The molecule has 3 amide bonds. The first-order valence-corrected chi connectivity index (χ1v) is 9.96. The van der Waals surface area contributed by atoms with Crippen molar-refractivity contribution in [2.75, 3.05) is 24.7 Å². The first kappa shape index (κ1) is 21.4. The fourth-order valence-corrected chi connectivity index (χ4v) is 3.43. The van der Waals surface area contributed by atoms with E-state index in [0.717, 1.165) is 11.4 Å². The molecule has 1 heterocycles. The summed E-state index contributed by atoms with van der Waals surface area (Å²) in [6.45, 7) is 1.57. The van der Waals surface area contributed by atoms with E-state index in [9.17, 15) is 14.4 Å². The molecule has 150 valence electrons. The van der Waals surface area contributed by atoms with Gasteiger partial charge in [-0.2, -0.15) is 0 Å². The van der Waals surface area contributed by atoms with E-state index in [0.29, 0.717) is 9.47 Å². The molecule has 0 spiro atoms. The predicted octanol–water partition coefficient (Wildman–Crippen LogP) is 1.06. The maximum atomic E-state index is 11.8. The topological polar surface area (TPSA) is 134 Å². The summed E-state index contributed by atoms with van der Waals surface area (Å²) in [6, 6.07) is 7.39. The largest absolute Gasteiger partial charge is 0.497 e. The van der Waals surface area contributed by atoms with Gasteiger partial charge in [-0.05, 0) is 12.1 Å². The predicted molar refractivity (Wildman–Crippen MR) is 106 cm³/mol. The van der Waals surface area contributed by atoms with Gasteiger partial charge in [-0.15, -0.1) is 10.2 Å². The summed E-state index contributed by atoms with van der Waals surface area (Å²) in [5, 5.41) is 14.2. The molecular weight excluding hydrogens is 404 g/mol. The van der Waals surface area contributed by atoms with Crippen molar-refractivity contribution in [2.24, 2.45) is 0 Å². The fraction of sp³-hybridized carbons (Fsp3) is 0.312. The molecule has 12 heteroatoms. The summed E-state index contributed by atoms with van der Waals surface area (Å²) < 4.78 is 5.77. The number of rotatable bonds is 9. The summed E-state index contributed by atoms with van der Waals surface area (Å²) >= 11 is 2.50. The van der Waals surface area contributed by atoms with Crippen LogP contribution in [-0.2, 0) is 14.4 Å². The number of methoxy groups -OCH3 is 1. The maximum Gasteiger partial charge on any atom is 0.248 e. The van der Waals surface area contributed by atoms with Gasteiger partial charge in [-0.1, -0.05) is 29.2 Å². The van der Waals surface area contributed by atoms with Crippen LogP contribution in [-0.4, -0.2) is 47.3 Å². The number of hydrogen-bond donors (Lipinski definition) is 4. The van der Waals surface area contributed by atoms with E-state index >= 15 is 0 Å². The number of nitrogens with zero attached hydrogens (tertiary/aromatic N) is 2. The highest BCUT2D eigenvalue weighted by Crippen LogP contribution is 2.28. The molecule has 28 heavy (non-hydrogen) atoms. The lowest BCUT2D eigenvalue weighted by atomic mass is 10.3. The van der Waals surface area contributed by atoms with Gasteiger partial charge in [0.15, 0.2) is 4.34 Å². The number of ether oxygens (including phenoxy) is 1. The molecule has 4 N–H and O–H groups in total. The lowest BCUT2D eigenvalue weighted by Gasteiger charge is -2.06. The monoisotopic (exact) mass is 424 g/mol. The van der Waals surface area contributed by atoms with Crippen LogP contribution in [0, 0.1) is 0 Å². The first-order valence-electron chi connectivity index (χ1n) is 8.16. The summed E-state index contributed by atoms with van der Waals surface area (Å²) in [4.78, 5) is 34.0. The first-order chi connectivity index (χ1) is 13.5. The van der Waals surface area contributed by atoms with Crippen LogP contribution in [0.25, 0.3) is 0 Å². The molecular formula is C16H20N6O4S2. The van der Waals surface area contributed by atoms with E-state index < -0.39 is 5.91 Å². The number of hydrogen-bond acceptors (Lipinski definition) is 9. The van der Waals surface area contributed by atoms with E-state index in [2.05, 4.69) is 31.7 Å². The minimum absolute atomic E-state index is 0.0692. The highest BCUT2D eigenvalue weighted by Gasteiger charge is 2.10. The van der Waals surface area contributed by atoms with Gasteiger partial charge in [-0.25, -0.2) is 0 Å². The van der Waals surface area contributed by atoms with Crippen molar-refractivity contribution >= 4 is 51.6 Å². The molecule has 2 rings (SSSR count). The zero-order chi connectivity index (χ0) is 20.4. The van der Waals surface area contributed by atoms with Crippen LogP contribution in [0.2, 0.25) is 0 Å². The number of carbonyl (C=O) groups is 3. The number of thioether (sulfide) groups is 1. The molecule has 2 aromatic rings. The van der Waals surface area contributed by atoms with Crippen molar-refractivity contribution in [3.8, 4) is 5.75 Å². The summed E-state index contributed by atoms with van der Waals surface area (Å²) in [7, 11) is 1.59. The van der Waals surface area contributed by atoms with Crippen LogP contribution < -0.4 is 26.2 Å². The highest BCUT2D eigenvalue weighted by molar-refractivity contribution is 8.01. The average molecular weight is 425 g/mol. The van der Waals surface area contributed by atoms with Crippen molar-refractivity contribution < 1.29 is 19.1 Å². The van der Waals surface area contributed by atoms with Crippen LogP contribution in [0.5, 0.6) is 5.75 Å². The van der Waals surface area contributed by atoms with Gasteiger partial charge in [0.05, 0.1) is 12.9 Å². The zero-order valence-electron chi connectivity index (χ0n) is 15.3. The Bertz CT molecular complexity index is 829. The minimum atomic E-state index is -0.396. The number of carbonyl (C=O) groups excluding carboxylic acids is 3. The summed E-state index contributed by atoms with van der Waals surface area (Å²) in [6.07, 6.45) is 0.0721. The van der Waals surface area contributed by atoms with Crippen molar-refractivity contribution in [1.29, 1.82) is 0 Å². The SMILES string of the molecule is COc1cccc(Nc2nnc(SCC(=O)NNC(=O)CCNC(C)=O)s2)c1. The lowest BCUT2D eigenvalue weighted by Crippen LogP contribution is -2.43. The lowest BCUT2D eigenvalue weighted by molar-refractivity contribution is -0.127. The molecule has 0 aliphatic rings. The maximum absolute atomic E-state index is 11.8. The van der Waals surface area contributed by atoms with E-state index in [1.54, 1.807) is 7.11 Å². The number of amides is 3. The standard InChI is InChI=1S/C16H20N6O4S2/c1-10(23)17-7-6-13(24)19-20-14(25)9-27-16-22-21-15(28-16)18-11-4-3-5-12(8-11)26-2/h3-5,8H,6-7,9H2,1-2H3,(H,17,23)(H,18,21)(H,19,24)(H,20,25). The number of hydrazine groups is 1. The van der Waals surface area contributed by atoms with E-state index in [4.69, 9.17) is 4.74 Å². The molecule has 0 atom stereocenters. The van der Waals surface area contributed by atoms with Crippen molar-refractivity contribution in [2.45, 2.75) is 17.7 Å². The number of nitrogens with one attached hydrogen (secondary N) is 4. The van der Waals surface area contributed by atoms with Crippen LogP contribution in [0.1, 0.15) is 13.3 Å². The third kappa shape index (κ3) is 7.80. The Morgan fingerprint density at radius 2 is 1.96 bits per heavy atom. The van der Waals surface area contributed by atoms with Crippen molar-refractivity contribution in [3.05, 3.63) is 24.3 Å². The van der Waals surface area contributed by atoms with Gasteiger partial charge >= 0.3 is 0 Å². The van der Waals surface area contributed by atoms with Crippen LogP contribution >= 0.6 is 23.1 Å². The Balaban J connectivity index is 1.70. The molecule has 10 nitrogen and oxygen atoms in total. The van der Waals surface area contributed by atoms with Crippen LogP contribution in [0.15, 0.2) is 28.6 Å². The molecule has 0 saturated heterocycles. The minimum Gasteiger partial charge on any atom is -0.497 e. The van der Waals surface area contributed by atoms with Gasteiger partial charge in [0, 0.05) is 31.6 Å². The molecule has 0 radical (unpaired) electrons. The Morgan fingerprint density at radius 1 is 1.18 bits per heavy atom. The molecule has 0 aliphatic carbocycles. The highest BCUT2D eigenvalue weighted by atomic mass is 32.2. The Hall–Kier alpha value is -2.86. The summed E-state index contributed by atoms with van der Waals surface area (Å²) in [5.74, 6) is -0.201. The van der Waals surface area contributed by atoms with Gasteiger partial charge in [-0.3, -0.25) is 25.2 Å². The summed E-state index contributed by atoms with van der Waals surface area (Å²) in [5.41, 5.74) is 5.40. The normalized spacial score (nSPS) is 10.1. The van der Waals surface area contributed by atoms with Crippen molar-refractivity contribution in [3.63, 3.8) is 0 Å². The smallest absolute Gasteiger partial charge is 0.248 e. The number of aromatic nitrogens is 2. The van der Waals surface area contributed by atoms with Crippen LogP contribution in [0.3, 0.4) is 0 Å². The fourth-order valence-electron chi connectivity index (χ4n) is 1.86. The quantitative estimate of drug-likeness (QED) is 0.347. The molecule has 0 aliphatic heterocycles. The van der Waals surface area contributed by atoms with Gasteiger partial charge in [0.2, 0.25) is 22.9 Å². The average Bonchev–Trinajstić information content (AvgIpc) is 3.12. The Labute approximate surface area is 169 Å². The van der Waals surface area contributed by atoms with E-state index in [1.807, 2.05) is 24.3 Å². The second-order valence-corrected chi connectivity index (χ2v) is 7.55.